The van der Waals surface area contributed by atoms with Crippen molar-refractivity contribution in [1.29, 1.82) is 0 Å². The number of alkyl halides is 3. The number of benzene rings is 1. The molecule has 2 saturated heterocycles. The smallest absolute Gasteiger partial charge is 0.381 e. The summed E-state index contributed by atoms with van der Waals surface area (Å²) in [4.78, 5) is 16.5. The molecule has 0 radical (unpaired) electrons. The quantitative estimate of drug-likeness (QED) is 0.831. The van der Waals surface area contributed by atoms with Crippen LogP contribution in [0.15, 0.2) is 24.3 Å². The van der Waals surface area contributed by atoms with E-state index in [2.05, 4.69) is 4.90 Å². The average Bonchev–Trinajstić information content (AvgIpc) is 2.96. The number of halogens is 3. The molecular weight excluding hydrogens is 333 g/mol. The number of carbonyl (C=O) groups excluding carboxylic acids is 1. The molecule has 25 heavy (non-hydrogen) atoms. The van der Waals surface area contributed by atoms with Gasteiger partial charge in [0.2, 0.25) is 5.91 Å². The molecule has 0 aliphatic carbocycles. The van der Waals surface area contributed by atoms with Gasteiger partial charge in [-0.25, -0.2) is 0 Å². The highest BCUT2D eigenvalue weighted by Gasteiger charge is 2.35. The Labute approximate surface area is 145 Å². The molecule has 2 fully saturated rings. The summed E-state index contributed by atoms with van der Waals surface area (Å²) in [5, 5.41) is 0. The van der Waals surface area contributed by atoms with Crippen molar-refractivity contribution in [3.8, 4) is 0 Å². The first-order chi connectivity index (χ1) is 11.9. The maximum atomic E-state index is 12.7. The van der Waals surface area contributed by atoms with Crippen molar-refractivity contribution in [3.05, 3.63) is 29.8 Å². The summed E-state index contributed by atoms with van der Waals surface area (Å²) >= 11 is 0. The number of anilines is 1. The third-order valence-electron chi connectivity index (χ3n) is 5.17. The van der Waals surface area contributed by atoms with E-state index in [1.165, 1.54) is 12.1 Å². The van der Waals surface area contributed by atoms with E-state index in [1.807, 2.05) is 0 Å². The van der Waals surface area contributed by atoms with Crippen LogP contribution in [0.5, 0.6) is 0 Å². The molecule has 1 aromatic carbocycles. The predicted molar refractivity (Wildman–Crippen MR) is 88.4 cm³/mol. The van der Waals surface area contributed by atoms with Crippen molar-refractivity contribution < 1.29 is 22.7 Å². The Morgan fingerprint density at radius 1 is 1.08 bits per heavy atom. The number of hydrogen-bond donors (Lipinski definition) is 0. The van der Waals surface area contributed by atoms with Crippen molar-refractivity contribution in [2.24, 2.45) is 5.92 Å². The monoisotopic (exact) mass is 356 g/mol. The van der Waals surface area contributed by atoms with Crippen LogP contribution >= 0.6 is 0 Å². The largest absolute Gasteiger partial charge is 0.416 e. The number of piperidine rings is 1. The second kappa shape index (κ2) is 7.33. The molecule has 2 heterocycles. The van der Waals surface area contributed by atoms with Crippen LogP contribution in [0.2, 0.25) is 0 Å². The average molecular weight is 356 g/mol. The summed E-state index contributed by atoms with van der Waals surface area (Å²) in [5.41, 5.74) is -0.154. The van der Waals surface area contributed by atoms with Crippen LogP contribution in [0.1, 0.15) is 24.8 Å². The van der Waals surface area contributed by atoms with E-state index < -0.39 is 11.7 Å². The third kappa shape index (κ3) is 4.15. The lowest BCUT2D eigenvalue weighted by Crippen LogP contribution is -2.41. The van der Waals surface area contributed by atoms with Crippen molar-refractivity contribution in [1.82, 2.24) is 4.90 Å². The molecule has 0 unspecified atom stereocenters. The van der Waals surface area contributed by atoms with Gasteiger partial charge in [-0.3, -0.25) is 4.79 Å². The minimum absolute atomic E-state index is 0.00798. The second-order valence-electron chi connectivity index (χ2n) is 6.76. The van der Waals surface area contributed by atoms with E-state index >= 15 is 0 Å². The number of rotatable bonds is 4. The zero-order valence-corrected chi connectivity index (χ0v) is 14.3. The zero-order chi connectivity index (χ0) is 18.0. The SMILES string of the molecule is COC1CCN(C[C@@H]2CCN(c3ccc(C(F)(F)F)cc3)C2=O)CC1. The zero-order valence-electron chi connectivity index (χ0n) is 14.3. The Balaban J connectivity index is 1.58. The Hall–Kier alpha value is -1.60. The van der Waals surface area contributed by atoms with Crippen LogP contribution in [-0.2, 0) is 15.7 Å². The van der Waals surface area contributed by atoms with Gasteiger partial charge in [0.25, 0.3) is 0 Å². The highest BCUT2D eigenvalue weighted by molar-refractivity contribution is 5.97. The fraction of sp³-hybridized carbons (Fsp3) is 0.611. The van der Waals surface area contributed by atoms with Gasteiger partial charge in [-0.2, -0.15) is 13.2 Å². The molecule has 7 heteroatoms. The molecule has 2 aliphatic heterocycles. The molecule has 4 nitrogen and oxygen atoms in total. The van der Waals surface area contributed by atoms with Crippen molar-refractivity contribution in [2.45, 2.75) is 31.5 Å². The summed E-state index contributed by atoms with van der Waals surface area (Å²) < 4.78 is 43.3. The Morgan fingerprint density at radius 3 is 2.28 bits per heavy atom. The molecule has 1 amide bonds. The molecule has 0 saturated carbocycles. The Bertz CT molecular complexity index is 595. The molecule has 1 atom stereocenters. The molecular formula is C18H23F3N2O2. The number of hydrogen-bond acceptors (Lipinski definition) is 3. The minimum Gasteiger partial charge on any atom is -0.381 e. The summed E-state index contributed by atoms with van der Waals surface area (Å²) in [6.07, 6.45) is -1.37. The molecule has 1 aromatic rings. The maximum absolute atomic E-state index is 12.7. The van der Waals surface area contributed by atoms with Gasteiger partial charge in [-0.05, 0) is 43.5 Å². The van der Waals surface area contributed by atoms with Gasteiger partial charge >= 0.3 is 6.18 Å². The van der Waals surface area contributed by atoms with Crippen molar-refractivity contribution >= 4 is 11.6 Å². The van der Waals surface area contributed by atoms with E-state index in [0.717, 1.165) is 44.5 Å². The lowest BCUT2D eigenvalue weighted by Gasteiger charge is -2.32. The first-order valence-electron chi connectivity index (χ1n) is 8.62. The van der Waals surface area contributed by atoms with Gasteiger partial charge in [0, 0.05) is 39.0 Å². The lowest BCUT2D eigenvalue weighted by atomic mass is 10.0. The standard InChI is InChI=1S/C18H23F3N2O2/c1-25-16-7-9-22(10-8-16)12-13-6-11-23(17(13)24)15-4-2-14(3-5-15)18(19,20)21/h2-5,13,16H,6-12H2,1H3/t13-/m0/s1. The molecule has 3 rings (SSSR count). The predicted octanol–water partition coefficient (Wildman–Crippen LogP) is 3.17. The third-order valence-corrected chi connectivity index (χ3v) is 5.17. The number of ether oxygens (including phenoxy) is 1. The maximum Gasteiger partial charge on any atom is 0.416 e. The normalized spacial score (nSPS) is 23.4. The van der Waals surface area contributed by atoms with Crippen LogP contribution in [0.25, 0.3) is 0 Å². The van der Waals surface area contributed by atoms with Crippen molar-refractivity contribution in [2.75, 3.05) is 38.2 Å². The van der Waals surface area contributed by atoms with Crippen LogP contribution < -0.4 is 4.90 Å². The fourth-order valence-electron chi connectivity index (χ4n) is 3.63. The van der Waals surface area contributed by atoms with Gasteiger partial charge in [-0.15, -0.1) is 0 Å². The van der Waals surface area contributed by atoms with Crippen LogP contribution in [0, 0.1) is 5.92 Å². The Kier molecular flexibility index (Phi) is 5.34. The van der Waals surface area contributed by atoms with E-state index in [1.54, 1.807) is 12.0 Å². The van der Waals surface area contributed by atoms with Gasteiger partial charge < -0.3 is 14.5 Å². The summed E-state index contributed by atoms with van der Waals surface area (Å²) in [6.45, 7) is 3.11. The summed E-state index contributed by atoms with van der Waals surface area (Å²) in [5.74, 6) is -0.0741. The van der Waals surface area contributed by atoms with Crippen LogP contribution in [-0.4, -0.2) is 50.2 Å². The lowest BCUT2D eigenvalue weighted by molar-refractivity contribution is -0.137. The van der Waals surface area contributed by atoms with Gasteiger partial charge in [-0.1, -0.05) is 0 Å². The molecule has 0 aromatic heterocycles. The highest BCUT2D eigenvalue weighted by atomic mass is 19.4. The number of carbonyl (C=O) groups is 1. The summed E-state index contributed by atoms with van der Waals surface area (Å²) in [6, 6.07) is 4.83. The number of amides is 1. The van der Waals surface area contributed by atoms with Gasteiger partial charge in [0.05, 0.1) is 17.6 Å². The van der Waals surface area contributed by atoms with E-state index in [4.69, 9.17) is 4.74 Å². The number of likely N-dealkylation sites (tertiary alicyclic amines) is 1. The fourth-order valence-corrected chi connectivity index (χ4v) is 3.63. The first-order valence-corrected chi connectivity index (χ1v) is 8.62. The van der Waals surface area contributed by atoms with Crippen molar-refractivity contribution in [3.63, 3.8) is 0 Å². The first kappa shape index (κ1) is 18.2. The summed E-state index contributed by atoms with van der Waals surface area (Å²) in [7, 11) is 1.72. The van der Waals surface area contributed by atoms with Crippen LogP contribution in [0.4, 0.5) is 18.9 Å². The number of nitrogens with zero attached hydrogens (tertiary/aromatic N) is 2. The highest BCUT2D eigenvalue weighted by Crippen LogP contribution is 2.32. The minimum atomic E-state index is -4.36. The van der Waals surface area contributed by atoms with E-state index in [0.29, 0.717) is 24.9 Å². The molecule has 0 N–H and O–H groups in total. The second-order valence-corrected chi connectivity index (χ2v) is 6.76. The number of methoxy groups -OCH3 is 1. The topological polar surface area (TPSA) is 32.8 Å². The van der Waals surface area contributed by atoms with Gasteiger partial charge in [0.15, 0.2) is 0 Å². The van der Waals surface area contributed by atoms with E-state index in [-0.39, 0.29) is 11.8 Å². The Morgan fingerprint density at radius 2 is 1.72 bits per heavy atom. The van der Waals surface area contributed by atoms with E-state index in [9.17, 15) is 18.0 Å². The molecule has 138 valence electrons. The van der Waals surface area contributed by atoms with Crippen LogP contribution in [0.3, 0.4) is 0 Å². The molecule has 0 bridgehead atoms. The molecule has 0 spiro atoms. The molecule has 2 aliphatic rings. The van der Waals surface area contributed by atoms with Gasteiger partial charge in [0.1, 0.15) is 0 Å².